The van der Waals surface area contributed by atoms with Crippen LogP contribution in [0.15, 0.2) is 11.0 Å². The summed E-state index contributed by atoms with van der Waals surface area (Å²) in [4.78, 5) is 25.3. The average Bonchev–Trinajstić information content (AvgIpc) is 2.28. The molecule has 1 aromatic heterocycles. The number of aromatic amines is 1. The molecule has 0 fully saturated rings. The van der Waals surface area contributed by atoms with E-state index in [-0.39, 0.29) is 18.1 Å². The van der Waals surface area contributed by atoms with E-state index in [1.54, 1.807) is 0 Å². The normalized spacial score (nSPS) is 10.6. The highest BCUT2D eigenvalue weighted by Gasteiger charge is 2.24. The highest BCUT2D eigenvalue weighted by molar-refractivity contribution is 6.17. The SMILES string of the molecule is CCOC(=O)c1[nH]cc(CCl)c(=O)c1C(F)F. The summed E-state index contributed by atoms with van der Waals surface area (Å²) < 4.78 is 30.0. The summed E-state index contributed by atoms with van der Waals surface area (Å²) in [6.07, 6.45) is -1.94. The fourth-order valence-electron chi connectivity index (χ4n) is 1.27. The number of alkyl halides is 3. The number of carbonyl (C=O) groups is 1. The van der Waals surface area contributed by atoms with Crippen LogP contribution < -0.4 is 5.43 Å². The summed E-state index contributed by atoms with van der Waals surface area (Å²) in [5, 5.41) is 0. The van der Waals surface area contributed by atoms with Crippen molar-refractivity contribution in [3.8, 4) is 0 Å². The molecule has 0 aliphatic carbocycles. The van der Waals surface area contributed by atoms with Gasteiger partial charge in [0.25, 0.3) is 6.43 Å². The zero-order valence-electron chi connectivity index (χ0n) is 8.93. The molecular weight excluding hydrogens is 256 g/mol. The number of halogens is 3. The number of hydrogen-bond donors (Lipinski definition) is 1. The minimum absolute atomic E-state index is 0.0185. The summed E-state index contributed by atoms with van der Waals surface area (Å²) >= 11 is 5.42. The molecule has 0 saturated carbocycles. The van der Waals surface area contributed by atoms with Crippen LogP contribution in [0.5, 0.6) is 0 Å². The van der Waals surface area contributed by atoms with Crippen LogP contribution in [0, 0.1) is 0 Å². The van der Waals surface area contributed by atoms with Gasteiger partial charge in [0.05, 0.1) is 18.1 Å². The van der Waals surface area contributed by atoms with E-state index in [9.17, 15) is 18.4 Å². The number of ether oxygens (including phenoxy) is 1. The summed E-state index contributed by atoms with van der Waals surface area (Å²) in [5.74, 6) is -1.20. The monoisotopic (exact) mass is 265 g/mol. The van der Waals surface area contributed by atoms with Crippen molar-refractivity contribution >= 4 is 17.6 Å². The van der Waals surface area contributed by atoms with Gasteiger partial charge in [-0.2, -0.15) is 0 Å². The van der Waals surface area contributed by atoms with Crippen LogP contribution in [0.25, 0.3) is 0 Å². The van der Waals surface area contributed by atoms with E-state index >= 15 is 0 Å². The quantitative estimate of drug-likeness (QED) is 0.671. The second-order valence-corrected chi connectivity index (χ2v) is 3.35. The molecule has 94 valence electrons. The molecule has 0 bridgehead atoms. The molecule has 4 nitrogen and oxygen atoms in total. The lowest BCUT2D eigenvalue weighted by atomic mass is 10.1. The van der Waals surface area contributed by atoms with Gasteiger partial charge in [0.15, 0.2) is 5.43 Å². The summed E-state index contributed by atoms with van der Waals surface area (Å²) in [7, 11) is 0. The fraction of sp³-hybridized carbons (Fsp3) is 0.400. The highest BCUT2D eigenvalue weighted by atomic mass is 35.5. The number of H-pyrrole nitrogens is 1. The van der Waals surface area contributed by atoms with Crippen molar-refractivity contribution in [2.24, 2.45) is 0 Å². The molecule has 0 spiro atoms. The molecule has 7 heteroatoms. The number of nitrogens with one attached hydrogen (secondary N) is 1. The maximum atomic E-state index is 12.7. The molecule has 1 N–H and O–H groups in total. The summed E-state index contributed by atoms with van der Waals surface area (Å²) in [6.45, 7) is 1.56. The molecule has 0 aliphatic rings. The Bertz CT molecular complexity index is 473. The Balaban J connectivity index is 3.36. The maximum Gasteiger partial charge on any atom is 0.355 e. The number of aromatic nitrogens is 1. The molecule has 1 heterocycles. The van der Waals surface area contributed by atoms with Crippen molar-refractivity contribution < 1.29 is 18.3 Å². The van der Waals surface area contributed by atoms with E-state index in [0.717, 1.165) is 6.20 Å². The standard InChI is InChI=1S/C10H10ClF2NO3/c1-2-17-10(16)7-6(9(12)13)8(15)5(3-11)4-14-7/h4,9H,2-3H2,1H3,(H,14,15). The van der Waals surface area contributed by atoms with Gasteiger partial charge in [-0.3, -0.25) is 4.79 Å². The third-order valence-electron chi connectivity index (χ3n) is 2.04. The van der Waals surface area contributed by atoms with Gasteiger partial charge in [-0.25, -0.2) is 13.6 Å². The Morgan fingerprint density at radius 1 is 1.59 bits per heavy atom. The first-order valence-electron chi connectivity index (χ1n) is 4.78. The molecule has 1 aromatic rings. The minimum Gasteiger partial charge on any atom is -0.461 e. The summed E-state index contributed by atoms with van der Waals surface area (Å²) in [5.41, 5.74) is -2.38. The number of esters is 1. The molecule has 0 amide bonds. The van der Waals surface area contributed by atoms with Crippen LogP contribution in [0.2, 0.25) is 0 Å². The van der Waals surface area contributed by atoms with Crippen molar-refractivity contribution in [1.82, 2.24) is 4.98 Å². The van der Waals surface area contributed by atoms with Gasteiger partial charge in [-0.05, 0) is 6.92 Å². The van der Waals surface area contributed by atoms with Crippen LogP contribution in [0.3, 0.4) is 0 Å². The number of hydrogen-bond acceptors (Lipinski definition) is 3. The van der Waals surface area contributed by atoms with Crippen LogP contribution in [0.4, 0.5) is 8.78 Å². The average molecular weight is 266 g/mol. The predicted octanol–water partition coefficient (Wildman–Crippen LogP) is 2.23. The third-order valence-corrected chi connectivity index (χ3v) is 2.33. The Morgan fingerprint density at radius 2 is 2.24 bits per heavy atom. The lowest BCUT2D eigenvalue weighted by Crippen LogP contribution is -2.22. The summed E-state index contributed by atoms with van der Waals surface area (Å²) in [6, 6.07) is 0. The van der Waals surface area contributed by atoms with Gasteiger partial charge in [0.2, 0.25) is 0 Å². The van der Waals surface area contributed by atoms with Crippen LogP contribution in [-0.4, -0.2) is 17.6 Å². The Labute approximate surface area is 101 Å². The molecule has 0 saturated heterocycles. The molecule has 0 unspecified atom stereocenters. The topological polar surface area (TPSA) is 59.2 Å². The van der Waals surface area contributed by atoms with E-state index in [1.807, 2.05) is 0 Å². The lowest BCUT2D eigenvalue weighted by molar-refractivity contribution is 0.0507. The molecule has 1 rings (SSSR count). The van der Waals surface area contributed by atoms with Gasteiger partial charge >= 0.3 is 5.97 Å². The first-order chi connectivity index (χ1) is 8.02. The zero-order chi connectivity index (χ0) is 13.0. The van der Waals surface area contributed by atoms with E-state index in [0.29, 0.717) is 0 Å². The second-order valence-electron chi connectivity index (χ2n) is 3.09. The Kier molecular flexibility index (Phi) is 4.62. The van der Waals surface area contributed by atoms with Crippen molar-refractivity contribution in [3.63, 3.8) is 0 Å². The first kappa shape index (κ1) is 13.6. The largest absolute Gasteiger partial charge is 0.461 e. The third kappa shape index (κ3) is 2.82. The van der Waals surface area contributed by atoms with Crippen LogP contribution in [0.1, 0.15) is 35.0 Å². The Morgan fingerprint density at radius 3 is 2.71 bits per heavy atom. The first-order valence-corrected chi connectivity index (χ1v) is 5.32. The molecule has 0 radical (unpaired) electrons. The molecular formula is C10H10ClF2NO3. The van der Waals surface area contributed by atoms with Crippen molar-refractivity contribution in [3.05, 3.63) is 33.2 Å². The van der Waals surface area contributed by atoms with Crippen LogP contribution >= 0.6 is 11.6 Å². The van der Waals surface area contributed by atoms with Crippen molar-refractivity contribution in [2.75, 3.05) is 6.61 Å². The van der Waals surface area contributed by atoms with Crippen molar-refractivity contribution in [1.29, 1.82) is 0 Å². The van der Waals surface area contributed by atoms with Gasteiger partial charge in [0, 0.05) is 11.8 Å². The predicted molar refractivity (Wildman–Crippen MR) is 57.5 cm³/mol. The second kappa shape index (κ2) is 5.77. The Hall–Kier alpha value is -1.43. The van der Waals surface area contributed by atoms with Gasteiger partial charge < -0.3 is 9.72 Å². The van der Waals surface area contributed by atoms with Gasteiger partial charge in [-0.15, -0.1) is 11.6 Å². The highest BCUT2D eigenvalue weighted by Crippen LogP contribution is 2.19. The van der Waals surface area contributed by atoms with E-state index in [4.69, 9.17) is 11.6 Å². The van der Waals surface area contributed by atoms with Gasteiger partial charge in [0.1, 0.15) is 5.69 Å². The van der Waals surface area contributed by atoms with Crippen molar-refractivity contribution in [2.45, 2.75) is 19.2 Å². The lowest BCUT2D eigenvalue weighted by Gasteiger charge is -2.08. The molecule has 17 heavy (non-hydrogen) atoms. The molecule has 0 aliphatic heterocycles. The van der Waals surface area contributed by atoms with Gasteiger partial charge in [-0.1, -0.05) is 0 Å². The smallest absolute Gasteiger partial charge is 0.355 e. The fourth-order valence-corrected chi connectivity index (χ4v) is 1.47. The number of rotatable bonds is 4. The van der Waals surface area contributed by atoms with E-state index in [2.05, 4.69) is 9.72 Å². The maximum absolute atomic E-state index is 12.7. The molecule has 0 atom stereocenters. The number of pyridine rings is 1. The molecule has 0 aromatic carbocycles. The minimum atomic E-state index is -3.07. The van der Waals surface area contributed by atoms with E-state index in [1.165, 1.54) is 6.92 Å². The zero-order valence-corrected chi connectivity index (χ0v) is 9.68. The number of carbonyl (C=O) groups excluding carboxylic acids is 1. The van der Waals surface area contributed by atoms with Crippen LogP contribution in [-0.2, 0) is 10.6 Å². The van der Waals surface area contributed by atoms with E-state index < -0.39 is 29.1 Å².